The van der Waals surface area contributed by atoms with Crippen molar-refractivity contribution < 1.29 is 28.5 Å². The summed E-state index contributed by atoms with van der Waals surface area (Å²) in [5, 5.41) is 0. The lowest BCUT2D eigenvalue weighted by Gasteiger charge is -2.11. The molecular formula is C19H20O6. The Morgan fingerprint density at radius 1 is 0.920 bits per heavy atom. The lowest BCUT2D eigenvalue weighted by atomic mass is 10.1. The van der Waals surface area contributed by atoms with Crippen LogP contribution in [0.25, 0.3) is 0 Å². The van der Waals surface area contributed by atoms with Crippen LogP contribution in [-0.2, 0) is 4.74 Å². The summed E-state index contributed by atoms with van der Waals surface area (Å²) in [6.07, 6.45) is 0. The fourth-order valence-corrected chi connectivity index (χ4v) is 2.24. The lowest BCUT2D eigenvalue weighted by Crippen LogP contribution is -2.15. The summed E-state index contributed by atoms with van der Waals surface area (Å²) in [4.78, 5) is 24.4. The number of ether oxygens (including phenoxy) is 4. The molecular weight excluding hydrogens is 324 g/mol. The molecule has 0 atom stereocenters. The summed E-state index contributed by atoms with van der Waals surface area (Å²) in [6, 6.07) is 11.5. The molecule has 0 saturated carbocycles. The quantitative estimate of drug-likeness (QED) is 0.541. The van der Waals surface area contributed by atoms with Crippen molar-refractivity contribution >= 4 is 11.8 Å². The number of hydrogen-bond acceptors (Lipinski definition) is 6. The monoisotopic (exact) mass is 344 g/mol. The van der Waals surface area contributed by atoms with Gasteiger partial charge in [-0.2, -0.15) is 0 Å². The van der Waals surface area contributed by atoms with Gasteiger partial charge in [-0.3, -0.25) is 4.79 Å². The van der Waals surface area contributed by atoms with Crippen molar-refractivity contribution in [2.24, 2.45) is 0 Å². The Bertz CT molecular complexity index is 753. The Hall–Kier alpha value is -3.02. The van der Waals surface area contributed by atoms with E-state index in [1.807, 2.05) is 6.92 Å². The van der Waals surface area contributed by atoms with Crippen LogP contribution in [0.2, 0.25) is 0 Å². The van der Waals surface area contributed by atoms with Crippen LogP contribution in [0.4, 0.5) is 0 Å². The van der Waals surface area contributed by atoms with Gasteiger partial charge >= 0.3 is 5.97 Å². The van der Waals surface area contributed by atoms with Gasteiger partial charge in [0.1, 0.15) is 5.75 Å². The van der Waals surface area contributed by atoms with E-state index in [9.17, 15) is 9.59 Å². The molecule has 6 nitrogen and oxygen atoms in total. The summed E-state index contributed by atoms with van der Waals surface area (Å²) in [7, 11) is 2.99. The molecule has 25 heavy (non-hydrogen) atoms. The molecule has 0 fully saturated rings. The van der Waals surface area contributed by atoms with E-state index in [1.165, 1.54) is 20.3 Å². The van der Waals surface area contributed by atoms with Crippen LogP contribution < -0.4 is 14.2 Å². The first-order chi connectivity index (χ1) is 12.1. The van der Waals surface area contributed by atoms with E-state index >= 15 is 0 Å². The van der Waals surface area contributed by atoms with Gasteiger partial charge in [-0.25, -0.2) is 4.79 Å². The molecule has 0 amide bonds. The van der Waals surface area contributed by atoms with Crippen LogP contribution in [0.5, 0.6) is 17.2 Å². The average Bonchev–Trinajstić information content (AvgIpc) is 2.65. The zero-order valence-corrected chi connectivity index (χ0v) is 14.4. The second-order valence-electron chi connectivity index (χ2n) is 5.00. The Labute approximate surface area is 146 Å². The van der Waals surface area contributed by atoms with Crippen LogP contribution in [0.1, 0.15) is 27.6 Å². The first-order valence-electron chi connectivity index (χ1n) is 7.74. The molecule has 0 bridgehead atoms. The summed E-state index contributed by atoms with van der Waals surface area (Å²) in [5.41, 5.74) is 0.639. The number of rotatable bonds is 8. The number of para-hydroxylation sites is 1. The molecule has 0 aromatic heterocycles. The fraction of sp³-hybridized carbons (Fsp3) is 0.263. The SMILES string of the molecule is CCOc1cc(C(=O)OCC(=O)c2ccccc2OC)ccc1OC. The molecule has 0 spiro atoms. The van der Waals surface area contributed by atoms with Gasteiger partial charge in [-0.1, -0.05) is 12.1 Å². The van der Waals surface area contributed by atoms with E-state index < -0.39 is 5.97 Å². The topological polar surface area (TPSA) is 71.1 Å². The molecule has 0 N–H and O–H groups in total. The summed E-state index contributed by atoms with van der Waals surface area (Å²) in [5.74, 6) is 0.432. The zero-order valence-electron chi connectivity index (χ0n) is 14.4. The standard InChI is InChI=1S/C19H20O6/c1-4-24-18-11-13(9-10-17(18)23-3)19(21)25-12-15(20)14-7-5-6-8-16(14)22-2/h5-11H,4,12H2,1-3H3. The normalized spacial score (nSPS) is 10.0. The maximum atomic E-state index is 12.2. The Morgan fingerprint density at radius 3 is 2.32 bits per heavy atom. The number of benzene rings is 2. The average molecular weight is 344 g/mol. The van der Waals surface area contributed by atoms with Crippen molar-refractivity contribution in [2.45, 2.75) is 6.92 Å². The fourth-order valence-electron chi connectivity index (χ4n) is 2.24. The number of carbonyl (C=O) groups excluding carboxylic acids is 2. The van der Waals surface area contributed by atoms with Gasteiger partial charge in [0.25, 0.3) is 0 Å². The van der Waals surface area contributed by atoms with E-state index in [4.69, 9.17) is 18.9 Å². The highest BCUT2D eigenvalue weighted by atomic mass is 16.5. The van der Waals surface area contributed by atoms with E-state index in [-0.39, 0.29) is 18.0 Å². The van der Waals surface area contributed by atoms with Crippen LogP contribution in [0.15, 0.2) is 42.5 Å². The van der Waals surface area contributed by atoms with Gasteiger partial charge in [0.2, 0.25) is 5.78 Å². The third-order valence-corrected chi connectivity index (χ3v) is 3.44. The van der Waals surface area contributed by atoms with E-state index in [0.29, 0.717) is 29.4 Å². The molecule has 0 unspecified atom stereocenters. The van der Waals surface area contributed by atoms with Gasteiger partial charge in [-0.15, -0.1) is 0 Å². The minimum Gasteiger partial charge on any atom is -0.496 e. The van der Waals surface area contributed by atoms with Gasteiger partial charge in [0.15, 0.2) is 18.1 Å². The molecule has 0 aliphatic rings. The minimum atomic E-state index is -0.619. The van der Waals surface area contributed by atoms with Crippen molar-refractivity contribution in [3.05, 3.63) is 53.6 Å². The number of hydrogen-bond donors (Lipinski definition) is 0. The molecule has 2 aromatic rings. The second kappa shape index (κ2) is 8.73. The zero-order chi connectivity index (χ0) is 18.2. The van der Waals surface area contributed by atoms with Crippen molar-refractivity contribution in [2.75, 3.05) is 27.4 Å². The highest BCUT2D eigenvalue weighted by Gasteiger charge is 2.16. The lowest BCUT2D eigenvalue weighted by molar-refractivity contribution is 0.0473. The Morgan fingerprint density at radius 2 is 1.64 bits per heavy atom. The number of esters is 1. The third-order valence-electron chi connectivity index (χ3n) is 3.44. The summed E-state index contributed by atoms with van der Waals surface area (Å²) >= 11 is 0. The first-order valence-corrected chi connectivity index (χ1v) is 7.74. The molecule has 2 rings (SSSR count). The maximum absolute atomic E-state index is 12.2. The largest absolute Gasteiger partial charge is 0.496 e. The number of carbonyl (C=O) groups is 2. The second-order valence-corrected chi connectivity index (χ2v) is 5.00. The van der Waals surface area contributed by atoms with Crippen LogP contribution in [0, 0.1) is 0 Å². The highest BCUT2D eigenvalue weighted by Crippen LogP contribution is 2.28. The predicted molar refractivity (Wildman–Crippen MR) is 91.8 cm³/mol. The van der Waals surface area contributed by atoms with Gasteiger partial charge in [0.05, 0.1) is 32.0 Å². The molecule has 2 aromatic carbocycles. The smallest absolute Gasteiger partial charge is 0.338 e. The van der Waals surface area contributed by atoms with Gasteiger partial charge in [0, 0.05) is 0 Å². The van der Waals surface area contributed by atoms with Crippen molar-refractivity contribution in [3.63, 3.8) is 0 Å². The van der Waals surface area contributed by atoms with Crippen molar-refractivity contribution in [1.82, 2.24) is 0 Å². The van der Waals surface area contributed by atoms with Crippen molar-refractivity contribution in [3.8, 4) is 17.2 Å². The van der Waals surface area contributed by atoms with Gasteiger partial charge in [-0.05, 0) is 37.3 Å². The Kier molecular flexibility index (Phi) is 6.39. The third kappa shape index (κ3) is 4.50. The maximum Gasteiger partial charge on any atom is 0.338 e. The van der Waals surface area contributed by atoms with E-state index in [0.717, 1.165) is 0 Å². The van der Waals surface area contributed by atoms with Crippen molar-refractivity contribution in [1.29, 1.82) is 0 Å². The molecule has 0 aliphatic heterocycles. The van der Waals surface area contributed by atoms with Crippen LogP contribution in [-0.4, -0.2) is 39.2 Å². The first kappa shape index (κ1) is 18.3. The van der Waals surface area contributed by atoms with Crippen LogP contribution >= 0.6 is 0 Å². The number of methoxy groups -OCH3 is 2. The molecule has 6 heteroatoms. The molecule has 0 radical (unpaired) electrons. The molecule has 0 heterocycles. The highest BCUT2D eigenvalue weighted by molar-refractivity contribution is 6.01. The van der Waals surface area contributed by atoms with E-state index in [2.05, 4.69) is 0 Å². The van der Waals surface area contributed by atoms with E-state index in [1.54, 1.807) is 36.4 Å². The molecule has 0 aliphatic carbocycles. The summed E-state index contributed by atoms with van der Waals surface area (Å²) in [6.45, 7) is 1.88. The van der Waals surface area contributed by atoms with Gasteiger partial charge < -0.3 is 18.9 Å². The number of ketones is 1. The van der Waals surface area contributed by atoms with Crippen LogP contribution in [0.3, 0.4) is 0 Å². The minimum absolute atomic E-state index is 0.275. The molecule has 0 saturated heterocycles. The predicted octanol–water partition coefficient (Wildman–Crippen LogP) is 3.14. The Balaban J connectivity index is 2.07. The summed E-state index contributed by atoms with van der Waals surface area (Å²) < 4.78 is 20.8. The number of Topliss-reactive ketones (excluding diaryl/α,β-unsaturated/α-hetero) is 1. The molecule has 132 valence electrons.